The molecule has 0 fully saturated rings. The van der Waals surface area contributed by atoms with Crippen LogP contribution in [0.1, 0.15) is 66.6 Å². The van der Waals surface area contributed by atoms with Crippen LogP contribution in [0.25, 0.3) is 33.3 Å². The number of carbonyl (C=O) groups is 1. The third-order valence-corrected chi connectivity index (χ3v) is 7.28. The summed E-state index contributed by atoms with van der Waals surface area (Å²) in [5.74, 6) is -0.0625. The van der Waals surface area contributed by atoms with Gasteiger partial charge < -0.3 is 5.11 Å². The van der Waals surface area contributed by atoms with Gasteiger partial charge in [-0.25, -0.2) is 0 Å². The van der Waals surface area contributed by atoms with Crippen LogP contribution < -0.4 is 0 Å². The van der Waals surface area contributed by atoms with Crippen molar-refractivity contribution in [2.75, 3.05) is 0 Å². The molecule has 1 aliphatic rings. The zero-order chi connectivity index (χ0) is 27.2. The van der Waals surface area contributed by atoms with Crippen LogP contribution in [0.2, 0.25) is 0 Å². The molecule has 4 heteroatoms. The van der Waals surface area contributed by atoms with Gasteiger partial charge >= 0.3 is 0 Å². The average molecular weight is 683 g/mol. The van der Waals surface area contributed by atoms with Gasteiger partial charge in [-0.05, 0) is 79.3 Å². The van der Waals surface area contributed by atoms with Crippen LogP contribution in [-0.4, -0.2) is 15.9 Å². The molecule has 38 heavy (non-hydrogen) atoms. The molecule has 1 N–H and O–H groups in total. The number of benzene rings is 3. The van der Waals surface area contributed by atoms with Gasteiger partial charge in [0.25, 0.3) is 0 Å². The molecule has 0 spiro atoms. The second-order valence-corrected chi connectivity index (χ2v) is 10.9. The van der Waals surface area contributed by atoms with Crippen molar-refractivity contribution in [2.24, 2.45) is 0 Å². The van der Waals surface area contributed by atoms with Crippen molar-refractivity contribution in [3.8, 4) is 22.4 Å². The molecule has 3 aromatic carbocycles. The van der Waals surface area contributed by atoms with Gasteiger partial charge in [-0.2, -0.15) is 0 Å². The van der Waals surface area contributed by atoms with Crippen LogP contribution in [0.5, 0.6) is 0 Å². The minimum atomic E-state index is -0.125. The summed E-state index contributed by atoms with van der Waals surface area (Å²) in [6, 6.07) is 19.2. The third-order valence-electron chi connectivity index (χ3n) is 7.28. The SMILES string of the molecule is CC(=O)/C=C(/C)O.Cc1[c-]c(-c2nc3c(C)cc(C)c(C)c3c3c2C(C)(C)c2ccccc2-3)cc(C)c1.[Ir]. The van der Waals surface area contributed by atoms with E-state index >= 15 is 0 Å². The van der Waals surface area contributed by atoms with Crippen LogP contribution in [0.3, 0.4) is 0 Å². The third kappa shape index (κ3) is 5.25. The fourth-order valence-corrected chi connectivity index (χ4v) is 5.71. The van der Waals surface area contributed by atoms with Crippen molar-refractivity contribution in [3.63, 3.8) is 0 Å². The van der Waals surface area contributed by atoms with E-state index in [1.54, 1.807) is 0 Å². The molecule has 3 nitrogen and oxygen atoms in total. The van der Waals surface area contributed by atoms with E-state index in [-0.39, 0.29) is 37.1 Å². The molecule has 0 atom stereocenters. The van der Waals surface area contributed by atoms with Crippen molar-refractivity contribution in [2.45, 2.75) is 67.7 Å². The first-order valence-corrected chi connectivity index (χ1v) is 12.8. The number of rotatable bonds is 2. The van der Waals surface area contributed by atoms with Crippen LogP contribution in [0.15, 0.2) is 54.3 Å². The van der Waals surface area contributed by atoms with E-state index in [1.807, 2.05) is 0 Å². The Morgan fingerprint density at radius 2 is 1.63 bits per heavy atom. The van der Waals surface area contributed by atoms with Gasteiger partial charge in [0.15, 0.2) is 5.78 Å². The Morgan fingerprint density at radius 3 is 2.21 bits per heavy atom. The number of hydrogen-bond acceptors (Lipinski definition) is 3. The monoisotopic (exact) mass is 683 g/mol. The number of nitrogens with zero attached hydrogens (tertiary/aromatic N) is 1. The zero-order valence-electron chi connectivity index (χ0n) is 23.8. The number of aliphatic hydroxyl groups is 1. The van der Waals surface area contributed by atoms with Gasteiger partial charge in [-0.1, -0.05) is 58.0 Å². The molecule has 0 amide bonds. The maximum absolute atomic E-state index is 10.0. The normalized spacial score (nSPS) is 13.2. The largest absolute Gasteiger partial charge is 0.512 e. The van der Waals surface area contributed by atoms with Gasteiger partial charge in [0.2, 0.25) is 0 Å². The van der Waals surface area contributed by atoms with Crippen molar-refractivity contribution >= 4 is 16.7 Å². The summed E-state index contributed by atoms with van der Waals surface area (Å²) >= 11 is 0. The summed E-state index contributed by atoms with van der Waals surface area (Å²) in [6.07, 6.45) is 1.17. The Kier molecular flexibility index (Phi) is 8.51. The molecule has 0 saturated carbocycles. The number of aryl methyl sites for hydroxylation is 5. The summed E-state index contributed by atoms with van der Waals surface area (Å²) in [6.45, 7) is 18.5. The Hall–Kier alpha value is -3.07. The summed E-state index contributed by atoms with van der Waals surface area (Å²) in [5.41, 5.74) is 14.9. The van der Waals surface area contributed by atoms with Crippen molar-refractivity contribution in [1.29, 1.82) is 0 Å². The summed E-state index contributed by atoms with van der Waals surface area (Å²) in [5, 5.41) is 9.68. The number of aliphatic hydroxyl groups excluding tert-OH is 1. The number of allylic oxidation sites excluding steroid dienone is 2. The molecule has 5 rings (SSSR count). The van der Waals surface area contributed by atoms with Gasteiger partial charge in [-0.15, -0.1) is 34.9 Å². The van der Waals surface area contributed by atoms with E-state index in [2.05, 4.69) is 97.0 Å². The van der Waals surface area contributed by atoms with Crippen LogP contribution in [-0.2, 0) is 30.3 Å². The Bertz CT molecular complexity index is 1570. The average Bonchev–Trinajstić information content (AvgIpc) is 3.03. The molecule has 1 radical (unpaired) electrons. The van der Waals surface area contributed by atoms with E-state index in [4.69, 9.17) is 10.1 Å². The first-order valence-electron chi connectivity index (χ1n) is 12.8. The second-order valence-electron chi connectivity index (χ2n) is 10.9. The number of carbonyl (C=O) groups excluding carboxylic acids is 1. The standard InChI is InChI=1S/C29H28N.C5H8O2.Ir/c1-16-12-17(2)14-21(13-16)28-26-25(22-10-8-9-11-23(22)29(26,6)7)24-20(5)18(3)15-19(4)27(24)30-28;1-4(6)3-5(2)7;/h8-13,15H,1-7H3;3,6H,1-2H3;/q-1;;/b;4-3-;. The quantitative estimate of drug-likeness (QED) is 0.131. The van der Waals surface area contributed by atoms with E-state index in [1.165, 1.54) is 69.8 Å². The predicted octanol–water partition coefficient (Wildman–Crippen LogP) is 8.59. The van der Waals surface area contributed by atoms with Crippen molar-refractivity contribution < 1.29 is 30.0 Å². The number of aromatic nitrogens is 1. The zero-order valence-corrected chi connectivity index (χ0v) is 26.1. The molecular weight excluding hydrogens is 647 g/mol. The number of pyridine rings is 1. The molecule has 0 aliphatic heterocycles. The summed E-state index contributed by atoms with van der Waals surface area (Å²) < 4.78 is 0. The van der Waals surface area contributed by atoms with Crippen molar-refractivity contribution in [1.82, 2.24) is 4.98 Å². The van der Waals surface area contributed by atoms with Gasteiger partial charge in [0.1, 0.15) is 0 Å². The molecule has 4 aromatic rings. The van der Waals surface area contributed by atoms with Gasteiger partial charge in [-0.3, -0.25) is 9.78 Å². The van der Waals surface area contributed by atoms with Crippen LogP contribution in [0.4, 0.5) is 0 Å². The number of hydrogen-bond donors (Lipinski definition) is 1. The minimum Gasteiger partial charge on any atom is -0.512 e. The van der Waals surface area contributed by atoms with E-state index in [9.17, 15) is 4.79 Å². The van der Waals surface area contributed by atoms with E-state index in [0.717, 1.165) is 22.3 Å². The van der Waals surface area contributed by atoms with Gasteiger partial charge in [0, 0.05) is 37.0 Å². The van der Waals surface area contributed by atoms with Crippen LogP contribution in [0, 0.1) is 40.7 Å². The Morgan fingerprint density at radius 1 is 0.974 bits per heavy atom. The first kappa shape index (κ1) is 29.5. The van der Waals surface area contributed by atoms with Crippen molar-refractivity contribution in [3.05, 3.63) is 99.3 Å². The Balaban J connectivity index is 0.000000444. The second kappa shape index (κ2) is 11.0. The minimum absolute atomic E-state index is 0. The fourth-order valence-electron chi connectivity index (χ4n) is 5.71. The maximum atomic E-state index is 10.0. The van der Waals surface area contributed by atoms with Gasteiger partial charge in [0.05, 0.1) is 11.3 Å². The van der Waals surface area contributed by atoms with Crippen LogP contribution >= 0.6 is 0 Å². The van der Waals surface area contributed by atoms with E-state index < -0.39 is 0 Å². The molecule has 199 valence electrons. The molecule has 0 bridgehead atoms. The molecule has 0 unspecified atom stereocenters. The number of fused-ring (bicyclic) bond motifs is 5. The first-order chi connectivity index (χ1) is 17.3. The fraction of sp³-hybridized carbons (Fsp3) is 0.294. The molecule has 0 saturated heterocycles. The molecule has 1 aliphatic carbocycles. The summed E-state index contributed by atoms with van der Waals surface area (Å²) in [4.78, 5) is 15.4. The predicted molar refractivity (Wildman–Crippen MR) is 154 cm³/mol. The smallest absolute Gasteiger partial charge is 0.155 e. The molecule has 1 heterocycles. The number of ketones is 1. The molecular formula is C34H36IrNO2-. The Labute approximate surface area is 240 Å². The topological polar surface area (TPSA) is 50.2 Å². The molecule has 1 aromatic heterocycles. The van der Waals surface area contributed by atoms with E-state index in [0.29, 0.717) is 0 Å². The summed E-state index contributed by atoms with van der Waals surface area (Å²) in [7, 11) is 0. The maximum Gasteiger partial charge on any atom is 0.155 e.